The van der Waals surface area contributed by atoms with E-state index in [4.69, 9.17) is 15.1 Å². The second kappa shape index (κ2) is 7.07. The van der Waals surface area contributed by atoms with Gasteiger partial charge in [-0.1, -0.05) is 12.1 Å². The molecule has 1 N–H and O–H groups in total. The average molecular weight is 231 g/mol. The fourth-order valence-electron chi connectivity index (χ4n) is 1.18. The number of ether oxygens (including phenoxy) is 1. The lowest BCUT2D eigenvalue weighted by atomic mass is 10.2. The Bertz CT molecular complexity index is 429. The Morgan fingerprint density at radius 1 is 1.41 bits per heavy atom. The predicted octanol–water partition coefficient (Wildman–Crippen LogP) is 2.47. The van der Waals surface area contributed by atoms with Crippen LogP contribution in [-0.2, 0) is 4.79 Å². The molecule has 0 spiro atoms. The molecular formula is C13H13NO3. The van der Waals surface area contributed by atoms with Gasteiger partial charge in [-0.05, 0) is 30.2 Å². The van der Waals surface area contributed by atoms with Gasteiger partial charge in [-0.2, -0.15) is 5.26 Å². The molecule has 1 aromatic carbocycles. The maximum Gasteiger partial charge on any atom is 0.328 e. The summed E-state index contributed by atoms with van der Waals surface area (Å²) in [5.41, 5.74) is 0.803. The summed E-state index contributed by atoms with van der Waals surface area (Å²) in [6, 6.07) is 9.14. The van der Waals surface area contributed by atoms with Gasteiger partial charge in [0.1, 0.15) is 5.75 Å². The molecule has 0 radical (unpaired) electrons. The van der Waals surface area contributed by atoms with Gasteiger partial charge in [-0.15, -0.1) is 0 Å². The molecule has 0 amide bonds. The average Bonchev–Trinajstić information content (AvgIpc) is 2.33. The van der Waals surface area contributed by atoms with Crippen LogP contribution in [0.15, 0.2) is 30.3 Å². The first-order valence-electron chi connectivity index (χ1n) is 5.23. The second-order valence-corrected chi connectivity index (χ2v) is 3.35. The van der Waals surface area contributed by atoms with Crippen LogP contribution in [0.5, 0.6) is 5.75 Å². The zero-order chi connectivity index (χ0) is 12.5. The number of carbonyl (C=O) groups is 1. The number of aliphatic carboxylic acids is 1. The molecule has 0 heterocycles. The van der Waals surface area contributed by atoms with E-state index in [1.807, 2.05) is 6.07 Å². The van der Waals surface area contributed by atoms with Gasteiger partial charge in [0.2, 0.25) is 0 Å². The molecule has 88 valence electrons. The van der Waals surface area contributed by atoms with Crippen molar-refractivity contribution in [3.05, 3.63) is 35.9 Å². The molecule has 0 atom stereocenters. The summed E-state index contributed by atoms with van der Waals surface area (Å²) in [6.45, 7) is 0.512. The molecular weight excluding hydrogens is 218 g/mol. The van der Waals surface area contributed by atoms with E-state index in [1.165, 1.54) is 6.08 Å². The minimum Gasteiger partial charge on any atom is -0.494 e. The van der Waals surface area contributed by atoms with Crippen molar-refractivity contribution in [3.63, 3.8) is 0 Å². The smallest absolute Gasteiger partial charge is 0.328 e. The Balaban J connectivity index is 2.45. The normalized spacial score (nSPS) is 10.1. The summed E-state index contributed by atoms with van der Waals surface area (Å²) in [5.74, 6) is -0.253. The van der Waals surface area contributed by atoms with E-state index >= 15 is 0 Å². The van der Waals surface area contributed by atoms with Crippen LogP contribution in [0.1, 0.15) is 18.4 Å². The maximum absolute atomic E-state index is 10.3. The first-order valence-corrected chi connectivity index (χ1v) is 5.23. The fraction of sp³-hybridized carbons (Fsp3) is 0.231. The van der Waals surface area contributed by atoms with E-state index < -0.39 is 5.97 Å². The largest absolute Gasteiger partial charge is 0.494 e. The molecule has 17 heavy (non-hydrogen) atoms. The quantitative estimate of drug-likeness (QED) is 0.603. The van der Waals surface area contributed by atoms with E-state index in [1.54, 1.807) is 24.3 Å². The highest BCUT2D eigenvalue weighted by Gasteiger charge is 1.94. The lowest BCUT2D eigenvalue weighted by Crippen LogP contribution is -1.96. The van der Waals surface area contributed by atoms with E-state index in [0.29, 0.717) is 19.4 Å². The number of rotatable bonds is 6. The number of unbranched alkanes of at least 4 members (excludes halogenated alkanes) is 1. The van der Waals surface area contributed by atoms with Gasteiger partial charge in [-0.3, -0.25) is 0 Å². The Labute approximate surface area is 99.8 Å². The highest BCUT2D eigenvalue weighted by Crippen LogP contribution is 2.13. The van der Waals surface area contributed by atoms with Gasteiger partial charge in [0, 0.05) is 12.5 Å². The molecule has 0 bridgehead atoms. The van der Waals surface area contributed by atoms with Crippen LogP contribution in [0.25, 0.3) is 6.08 Å². The van der Waals surface area contributed by atoms with Crippen molar-refractivity contribution in [1.82, 2.24) is 0 Å². The van der Waals surface area contributed by atoms with Gasteiger partial charge in [0.25, 0.3) is 0 Å². The van der Waals surface area contributed by atoms with Crippen LogP contribution >= 0.6 is 0 Å². The van der Waals surface area contributed by atoms with Crippen LogP contribution < -0.4 is 4.74 Å². The van der Waals surface area contributed by atoms with Crippen LogP contribution in [0.4, 0.5) is 0 Å². The Hall–Kier alpha value is -2.28. The van der Waals surface area contributed by atoms with Crippen molar-refractivity contribution < 1.29 is 14.6 Å². The van der Waals surface area contributed by atoms with Crippen molar-refractivity contribution in [3.8, 4) is 11.8 Å². The topological polar surface area (TPSA) is 70.3 Å². The summed E-state index contributed by atoms with van der Waals surface area (Å²) in [6.07, 6.45) is 3.79. The van der Waals surface area contributed by atoms with Crippen molar-refractivity contribution in [2.45, 2.75) is 12.8 Å². The molecule has 4 nitrogen and oxygen atoms in total. The second-order valence-electron chi connectivity index (χ2n) is 3.35. The summed E-state index contributed by atoms with van der Waals surface area (Å²) in [5, 5.41) is 16.8. The van der Waals surface area contributed by atoms with Crippen molar-refractivity contribution in [2.75, 3.05) is 6.61 Å². The minimum atomic E-state index is -0.971. The van der Waals surface area contributed by atoms with Crippen molar-refractivity contribution in [2.24, 2.45) is 0 Å². The molecule has 1 rings (SSSR count). The summed E-state index contributed by atoms with van der Waals surface area (Å²) in [7, 11) is 0. The Kier molecular flexibility index (Phi) is 5.32. The highest BCUT2D eigenvalue weighted by molar-refractivity contribution is 5.85. The number of hydrogen-bond donors (Lipinski definition) is 1. The molecule has 0 unspecified atom stereocenters. The lowest BCUT2D eigenvalue weighted by Gasteiger charge is -2.04. The standard InChI is InChI=1S/C13H13NO3/c14-9-1-2-10-17-12-6-3-11(4-7-12)5-8-13(15)16/h3-8H,1-2,10H2,(H,15,16)/b8-5+. The van der Waals surface area contributed by atoms with Crippen LogP contribution in [0.2, 0.25) is 0 Å². The Morgan fingerprint density at radius 2 is 2.12 bits per heavy atom. The third-order valence-corrected chi connectivity index (χ3v) is 2.00. The number of carboxylic acids is 1. The zero-order valence-electron chi connectivity index (χ0n) is 9.30. The van der Waals surface area contributed by atoms with Gasteiger partial charge in [-0.25, -0.2) is 4.79 Å². The third kappa shape index (κ3) is 5.38. The molecule has 0 aliphatic rings. The SMILES string of the molecule is N#CCCCOc1ccc(/C=C/C(=O)O)cc1. The van der Waals surface area contributed by atoms with Gasteiger partial charge >= 0.3 is 5.97 Å². The molecule has 0 saturated heterocycles. The molecule has 0 aliphatic heterocycles. The van der Waals surface area contributed by atoms with E-state index in [9.17, 15) is 4.79 Å². The first-order chi connectivity index (χ1) is 8.22. The summed E-state index contributed by atoms with van der Waals surface area (Å²) < 4.78 is 5.40. The third-order valence-electron chi connectivity index (χ3n) is 2.00. The van der Waals surface area contributed by atoms with Crippen LogP contribution in [-0.4, -0.2) is 17.7 Å². The number of nitriles is 1. The summed E-state index contributed by atoms with van der Waals surface area (Å²) in [4.78, 5) is 10.3. The van der Waals surface area contributed by atoms with Crippen LogP contribution in [0.3, 0.4) is 0 Å². The molecule has 0 saturated carbocycles. The fourth-order valence-corrected chi connectivity index (χ4v) is 1.18. The predicted molar refractivity (Wildman–Crippen MR) is 63.5 cm³/mol. The van der Waals surface area contributed by atoms with Crippen molar-refractivity contribution >= 4 is 12.0 Å². The number of nitrogens with zero attached hydrogens (tertiary/aromatic N) is 1. The van der Waals surface area contributed by atoms with Gasteiger partial charge in [0.05, 0.1) is 12.7 Å². The van der Waals surface area contributed by atoms with Crippen molar-refractivity contribution in [1.29, 1.82) is 5.26 Å². The van der Waals surface area contributed by atoms with Gasteiger partial charge < -0.3 is 9.84 Å². The number of hydrogen-bond acceptors (Lipinski definition) is 3. The van der Waals surface area contributed by atoms with Gasteiger partial charge in [0.15, 0.2) is 0 Å². The molecule has 0 fully saturated rings. The maximum atomic E-state index is 10.3. The van der Waals surface area contributed by atoms with Crippen LogP contribution in [0, 0.1) is 11.3 Å². The lowest BCUT2D eigenvalue weighted by molar-refractivity contribution is -0.131. The zero-order valence-corrected chi connectivity index (χ0v) is 9.30. The molecule has 1 aromatic rings. The monoisotopic (exact) mass is 231 g/mol. The number of carboxylic acid groups (broad SMARTS) is 1. The minimum absolute atomic E-state index is 0.486. The molecule has 0 aromatic heterocycles. The highest BCUT2D eigenvalue weighted by atomic mass is 16.5. The number of benzene rings is 1. The Morgan fingerprint density at radius 3 is 2.71 bits per heavy atom. The molecule has 4 heteroatoms. The summed E-state index contributed by atoms with van der Waals surface area (Å²) >= 11 is 0. The van der Waals surface area contributed by atoms with E-state index in [-0.39, 0.29) is 0 Å². The van der Waals surface area contributed by atoms with E-state index in [2.05, 4.69) is 0 Å². The molecule has 0 aliphatic carbocycles. The first kappa shape index (κ1) is 12.8. The van der Waals surface area contributed by atoms with E-state index in [0.717, 1.165) is 17.4 Å².